The fourth-order valence-corrected chi connectivity index (χ4v) is 2.75. The van der Waals surface area contributed by atoms with Crippen molar-refractivity contribution in [2.45, 2.75) is 32.8 Å². The molecular formula is C16H20O2. The molecule has 0 bridgehead atoms. The van der Waals surface area contributed by atoms with Crippen molar-refractivity contribution in [1.29, 1.82) is 0 Å². The minimum Gasteiger partial charge on any atom is -0.512 e. The van der Waals surface area contributed by atoms with E-state index in [0.29, 0.717) is 5.76 Å². The Bertz CT molecular complexity index is 467. The van der Waals surface area contributed by atoms with Crippen LogP contribution in [0.2, 0.25) is 0 Å². The lowest BCUT2D eigenvalue weighted by Gasteiger charge is -2.39. The topological polar surface area (TPSA) is 40.5 Å². The van der Waals surface area contributed by atoms with Crippen molar-refractivity contribution in [1.82, 2.24) is 0 Å². The number of hydrogen-bond donors (Lipinski definition) is 2. The molecule has 0 amide bonds. The van der Waals surface area contributed by atoms with Gasteiger partial charge in [-0.1, -0.05) is 50.3 Å². The molecule has 1 atom stereocenters. The molecule has 18 heavy (non-hydrogen) atoms. The van der Waals surface area contributed by atoms with Crippen LogP contribution >= 0.6 is 0 Å². The normalized spacial score (nSPS) is 22.3. The molecule has 1 aromatic carbocycles. The highest BCUT2D eigenvalue weighted by atomic mass is 16.3. The second-order valence-electron chi connectivity index (χ2n) is 4.81. The first-order valence-corrected chi connectivity index (χ1v) is 6.50. The van der Waals surface area contributed by atoms with Crippen LogP contribution in [0.4, 0.5) is 0 Å². The van der Waals surface area contributed by atoms with E-state index in [1.54, 1.807) is 6.08 Å². The van der Waals surface area contributed by atoms with Gasteiger partial charge in [0.15, 0.2) is 0 Å². The summed E-state index contributed by atoms with van der Waals surface area (Å²) in [5.74, 6) is 0.291. The van der Waals surface area contributed by atoms with Crippen LogP contribution in [0.1, 0.15) is 32.3 Å². The van der Waals surface area contributed by atoms with E-state index in [4.69, 9.17) is 0 Å². The van der Waals surface area contributed by atoms with Gasteiger partial charge in [-0.05, 0) is 30.1 Å². The highest BCUT2D eigenvalue weighted by molar-refractivity contribution is 5.73. The van der Waals surface area contributed by atoms with Gasteiger partial charge in [-0.3, -0.25) is 0 Å². The fourth-order valence-electron chi connectivity index (χ4n) is 2.75. The first-order valence-electron chi connectivity index (χ1n) is 6.50. The Morgan fingerprint density at radius 1 is 1.06 bits per heavy atom. The summed E-state index contributed by atoms with van der Waals surface area (Å²) >= 11 is 0. The molecule has 0 fully saturated rings. The lowest BCUT2D eigenvalue weighted by Crippen LogP contribution is -2.38. The first kappa shape index (κ1) is 12.9. The van der Waals surface area contributed by atoms with Gasteiger partial charge in [-0.15, -0.1) is 0 Å². The van der Waals surface area contributed by atoms with Crippen LogP contribution in [-0.4, -0.2) is 16.3 Å². The van der Waals surface area contributed by atoms with Crippen LogP contribution in [0, 0.1) is 5.41 Å². The maximum atomic E-state index is 10.6. The Hall–Kier alpha value is -1.54. The molecule has 2 N–H and O–H groups in total. The van der Waals surface area contributed by atoms with Crippen LogP contribution in [0.15, 0.2) is 48.2 Å². The van der Waals surface area contributed by atoms with Crippen molar-refractivity contribution < 1.29 is 10.2 Å². The summed E-state index contributed by atoms with van der Waals surface area (Å²) in [6.45, 7) is 4.01. The monoisotopic (exact) mass is 244 g/mol. The van der Waals surface area contributed by atoms with Crippen molar-refractivity contribution >= 4 is 5.57 Å². The average molecular weight is 244 g/mol. The van der Waals surface area contributed by atoms with Crippen molar-refractivity contribution in [3.8, 4) is 0 Å². The Kier molecular flexibility index (Phi) is 3.58. The van der Waals surface area contributed by atoms with Crippen LogP contribution in [0.3, 0.4) is 0 Å². The summed E-state index contributed by atoms with van der Waals surface area (Å²) in [6.07, 6.45) is 4.33. The molecule has 1 unspecified atom stereocenters. The van der Waals surface area contributed by atoms with E-state index < -0.39 is 11.5 Å². The Morgan fingerprint density at radius 2 is 1.67 bits per heavy atom. The Balaban J connectivity index is 2.46. The van der Waals surface area contributed by atoms with Gasteiger partial charge < -0.3 is 10.2 Å². The van der Waals surface area contributed by atoms with Crippen molar-refractivity contribution in [3.63, 3.8) is 0 Å². The number of benzene rings is 1. The molecule has 0 aromatic heterocycles. The number of hydrogen-bond acceptors (Lipinski definition) is 2. The van der Waals surface area contributed by atoms with Gasteiger partial charge in [0.25, 0.3) is 0 Å². The van der Waals surface area contributed by atoms with E-state index in [-0.39, 0.29) is 0 Å². The number of allylic oxidation sites excluding steroid dienone is 2. The molecule has 0 aliphatic heterocycles. The van der Waals surface area contributed by atoms with E-state index in [2.05, 4.69) is 0 Å². The maximum Gasteiger partial charge on any atom is 0.101 e. The van der Waals surface area contributed by atoms with Gasteiger partial charge >= 0.3 is 0 Å². The number of rotatable bonds is 3. The highest BCUT2D eigenvalue weighted by Crippen LogP contribution is 2.45. The third-order valence-electron chi connectivity index (χ3n) is 4.12. The SMILES string of the molecule is CCC1(CC)C(O)=CC=C(c2ccccc2)C1O. The minimum atomic E-state index is -0.653. The number of aliphatic hydroxyl groups is 2. The molecule has 2 nitrogen and oxygen atoms in total. The molecule has 1 aliphatic carbocycles. The molecule has 96 valence electrons. The van der Waals surface area contributed by atoms with Crippen molar-refractivity contribution in [2.75, 3.05) is 0 Å². The van der Waals surface area contributed by atoms with E-state index in [9.17, 15) is 10.2 Å². The summed E-state index contributed by atoms with van der Waals surface area (Å²) < 4.78 is 0. The van der Waals surface area contributed by atoms with Crippen molar-refractivity contribution in [3.05, 3.63) is 53.8 Å². The van der Waals surface area contributed by atoms with Crippen molar-refractivity contribution in [2.24, 2.45) is 5.41 Å². The van der Waals surface area contributed by atoms with Gasteiger partial charge in [-0.25, -0.2) is 0 Å². The molecule has 2 heteroatoms. The number of aliphatic hydroxyl groups excluding tert-OH is 2. The standard InChI is InChI=1S/C16H20O2/c1-3-16(4-2)14(17)11-10-13(15(16)18)12-8-6-5-7-9-12/h5-11,15,17-18H,3-4H2,1-2H3. The molecule has 0 spiro atoms. The third-order valence-corrected chi connectivity index (χ3v) is 4.12. The largest absolute Gasteiger partial charge is 0.512 e. The molecule has 0 saturated heterocycles. The molecule has 0 radical (unpaired) electrons. The molecule has 0 saturated carbocycles. The smallest absolute Gasteiger partial charge is 0.101 e. The van der Waals surface area contributed by atoms with Gasteiger partial charge in [0.2, 0.25) is 0 Å². The maximum absolute atomic E-state index is 10.6. The van der Waals surface area contributed by atoms with Crippen LogP contribution in [0.25, 0.3) is 5.57 Å². The Labute approximate surface area is 108 Å². The molecular weight excluding hydrogens is 224 g/mol. The van der Waals surface area contributed by atoms with Gasteiger partial charge in [0.1, 0.15) is 5.76 Å². The summed E-state index contributed by atoms with van der Waals surface area (Å²) in [7, 11) is 0. The zero-order valence-corrected chi connectivity index (χ0v) is 10.9. The average Bonchev–Trinajstić information content (AvgIpc) is 2.41. The van der Waals surface area contributed by atoms with E-state index in [1.165, 1.54) is 0 Å². The van der Waals surface area contributed by atoms with E-state index >= 15 is 0 Å². The first-order chi connectivity index (χ1) is 8.65. The van der Waals surface area contributed by atoms with Gasteiger partial charge in [0, 0.05) is 0 Å². The summed E-state index contributed by atoms with van der Waals surface area (Å²) in [6, 6.07) is 9.85. The minimum absolute atomic E-state index is 0.291. The Morgan fingerprint density at radius 3 is 2.22 bits per heavy atom. The summed E-state index contributed by atoms with van der Waals surface area (Å²) in [4.78, 5) is 0. The quantitative estimate of drug-likeness (QED) is 0.851. The molecule has 1 aliphatic rings. The van der Waals surface area contributed by atoms with Crippen LogP contribution in [0.5, 0.6) is 0 Å². The summed E-state index contributed by atoms with van der Waals surface area (Å²) in [5, 5.41) is 20.7. The summed E-state index contributed by atoms with van der Waals surface area (Å²) in [5.41, 5.74) is 1.36. The predicted octanol–water partition coefficient (Wildman–Crippen LogP) is 3.69. The zero-order valence-electron chi connectivity index (χ0n) is 10.9. The van der Waals surface area contributed by atoms with E-state index in [0.717, 1.165) is 24.0 Å². The molecule has 1 aromatic rings. The van der Waals surface area contributed by atoms with Gasteiger partial charge in [0.05, 0.1) is 11.5 Å². The fraction of sp³-hybridized carbons (Fsp3) is 0.375. The van der Waals surface area contributed by atoms with Crippen LogP contribution < -0.4 is 0 Å². The second kappa shape index (κ2) is 4.99. The second-order valence-corrected chi connectivity index (χ2v) is 4.81. The highest BCUT2D eigenvalue weighted by Gasteiger charge is 2.42. The molecule has 0 heterocycles. The zero-order chi connectivity index (χ0) is 13.2. The van der Waals surface area contributed by atoms with E-state index in [1.807, 2.05) is 50.3 Å². The lowest BCUT2D eigenvalue weighted by molar-refractivity contribution is 0.0528. The van der Waals surface area contributed by atoms with Crippen LogP contribution in [-0.2, 0) is 0 Å². The lowest BCUT2D eigenvalue weighted by atomic mass is 9.69. The predicted molar refractivity (Wildman–Crippen MR) is 74.2 cm³/mol. The molecule has 2 rings (SSSR count). The van der Waals surface area contributed by atoms with Gasteiger partial charge in [-0.2, -0.15) is 0 Å². The third kappa shape index (κ3) is 1.87.